The Bertz CT molecular complexity index is 557. The van der Waals surface area contributed by atoms with Crippen LogP contribution >= 0.6 is 0 Å². The maximum atomic E-state index is 13.3. The number of nitrogens with one attached hydrogen (secondary N) is 2. The number of carbonyl (C=O) groups is 1. The molecule has 1 aromatic rings. The molecule has 24 heavy (non-hydrogen) atoms. The number of halogens is 2. The summed E-state index contributed by atoms with van der Waals surface area (Å²) < 4.78 is 26.3. The van der Waals surface area contributed by atoms with Gasteiger partial charge in [0.2, 0.25) is 0 Å². The molecule has 1 saturated heterocycles. The van der Waals surface area contributed by atoms with Gasteiger partial charge in [-0.3, -0.25) is 0 Å². The minimum atomic E-state index is -0.849. The van der Waals surface area contributed by atoms with Gasteiger partial charge in [0.1, 0.15) is 0 Å². The molecular weight excluding hydrogens is 316 g/mol. The van der Waals surface area contributed by atoms with E-state index in [0.717, 1.165) is 25.5 Å². The van der Waals surface area contributed by atoms with Crippen LogP contribution in [0.15, 0.2) is 18.2 Å². The van der Waals surface area contributed by atoms with E-state index in [0.29, 0.717) is 25.2 Å². The van der Waals surface area contributed by atoms with E-state index in [1.807, 2.05) is 11.8 Å². The zero-order valence-electron chi connectivity index (χ0n) is 13.9. The van der Waals surface area contributed by atoms with Crippen LogP contribution in [-0.2, 0) is 0 Å². The standard InChI is InChI=1S/C17H25F2N3O2/c1-2-3-14(23)10-21-17(24)20-9-12-6-7-22(11-12)13-4-5-15(18)16(19)8-13/h4-5,8,12,14,23H,2-3,6-7,9-11H2,1H3,(H2,20,21,24). The molecule has 0 aromatic heterocycles. The Morgan fingerprint density at radius 1 is 1.38 bits per heavy atom. The first-order valence-corrected chi connectivity index (χ1v) is 8.39. The fraction of sp³-hybridized carbons (Fsp3) is 0.588. The van der Waals surface area contributed by atoms with Crippen molar-refractivity contribution < 1.29 is 18.7 Å². The van der Waals surface area contributed by atoms with Gasteiger partial charge in [0.15, 0.2) is 11.6 Å². The SMILES string of the molecule is CCCC(O)CNC(=O)NCC1CCN(c2ccc(F)c(F)c2)C1. The molecule has 1 aromatic carbocycles. The Labute approximate surface area is 141 Å². The summed E-state index contributed by atoms with van der Waals surface area (Å²) in [5.41, 5.74) is 0.656. The minimum Gasteiger partial charge on any atom is -0.391 e. The molecule has 0 bridgehead atoms. The summed E-state index contributed by atoms with van der Waals surface area (Å²) in [6.45, 7) is 4.15. The summed E-state index contributed by atoms with van der Waals surface area (Å²) >= 11 is 0. The number of benzene rings is 1. The zero-order chi connectivity index (χ0) is 17.5. The van der Waals surface area contributed by atoms with Gasteiger partial charge in [-0.1, -0.05) is 13.3 Å². The van der Waals surface area contributed by atoms with E-state index in [9.17, 15) is 18.7 Å². The highest BCUT2D eigenvalue weighted by Gasteiger charge is 2.23. The molecule has 0 aliphatic carbocycles. The van der Waals surface area contributed by atoms with E-state index in [2.05, 4.69) is 10.6 Å². The summed E-state index contributed by atoms with van der Waals surface area (Å²) in [7, 11) is 0. The van der Waals surface area contributed by atoms with E-state index >= 15 is 0 Å². The van der Waals surface area contributed by atoms with Crippen molar-refractivity contribution >= 4 is 11.7 Å². The molecule has 0 spiro atoms. The van der Waals surface area contributed by atoms with Crippen LogP contribution in [0.5, 0.6) is 0 Å². The normalized spacial score (nSPS) is 18.5. The third-order valence-electron chi connectivity index (χ3n) is 4.23. The number of aliphatic hydroxyl groups excluding tert-OH is 1. The van der Waals surface area contributed by atoms with E-state index in [4.69, 9.17) is 0 Å². The second kappa shape index (κ2) is 8.82. The highest BCUT2D eigenvalue weighted by atomic mass is 19.2. The number of anilines is 1. The predicted octanol–water partition coefficient (Wildman–Crippen LogP) is 2.25. The number of hydrogen-bond donors (Lipinski definition) is 3. The maximum Gasteiger partial charge on any atom is 0.314 e. The van der Waals surface area contributed by atoms with Crippen molar-refractivity contribution in [2.75, 3.05) is 31.1 Å². The third kappa shape index (κ3) is 5.33. The smallest absolute Gasteiger partial charge is 0.314 e. The lowest BCUT2D eigenvalue weighted by Crippen LogP contribution is -2.41. The van der Waals surface area contributed by atoms with Crippen LogP contribution in [0, 0.1) is 17.6 Å². The molecule has 2 rings (SSSR count). The summed E-state index contributed by atoms with van der Waals surface area (Å²) in [5.74, 6) is -1.44. The number of urea groups is 1. The highest BCUT2D eigenvalue weighted by Crippen LogP contribution is 2.24. The molecule has 5 nitrogen and oxygen atoms in total. The molecular formula is C17H25F2N3O2. The monoisotopic (exact) mass is 341 g/mol. The summed E-state index contributed by atoms with van der Waals surface area (Å²) in [5, 5.41) is 15.0. The van der Waals surface area contributed by atoms with Crippen LogP contribution < -0.4 is 15.5 Å². The van der Waals surface area contributed by atoms with Gasteiger partial charge in [-0.25, -0.2) is 13.6 Å². The first-order valence-electron chi connectivity index (χ1n) is 8.39. The molecule has 1 aliphatic heterocycles. The van der Waals surface area contributed by atoms with Gasteiger partial charge in [0.05, 0.1) is 6.10 Å². The number of amides is 2. The second-order valence-electron chi connectivity index (χ2n) is 6.23. The van der Waals surface area contributed by atoms with Crippen molar-refractivity contribution in [3.8, 4) is 0 Å². The Hall–Kier alpha value is -1.89. The lowest BCUT2D eigenvalue weighted by molar-refractivity contribution is 0.160. The number of nitrogens with zero attached hydrogens (tertiary/aromatic N) is 1. The van der Waals surface area contributed by atoms with Gasteiger partial charge >= 0.3 is 6.03 Å². The van der Waals surface area contributed by atoms with Crippen LogP contribution in [-0.4, -0.2) is 43.4 Å². The predicted molar refractivity (Wildman–Crippen MR) is 89.0 cm³/mol. The fourth-order valence-electron chi connectivity index (χ4n) is 2.86. The van der Waals surface area contributed by atoms with E-state index in [1.54, 1.807) is 6.07 Å². The third-order valence-corrected chi connectivity index (χ3v) is 4.23. The largest absolute Gasteiger partial charge is 0.391 e. The van der Waals surface area contributed by atoms with E-state index in [1.165, 1.54) is 6.07 Å². The first kappa shape index (κ1) is 18.4. The molecule has 1 heterocycles. The van der Waals surface area contributed by atoms with Gasteiger partial charge < -0.3 is 20.6 Å². The Kier molecular flexibility index (Phi) is 6.78. The molecule has 7 heteroatoms. The van der Waals surface area contributed by atoms with Crippen LogP contribution in [0.25, 0.3) is 0 Å². The van der Waals surface area contributed by atoms with Gasteiger partial charge in [-0.2, -0.15) is 0 Å². The lowest BCUT2D eigenvalue weighted by atomic mass is 10.1. The van der Waals surface area contributed by atoms with Crippen LogP contribution in [0.1, 0.15) is 26.2 Å². The molecule has 2 amide bonds. The Morgan fingerprint density at radius 3 is 2.88 bits per heavy atom. The molecule has 3 N–H and O–H groups in total. The quantitative estimate of drug-likeness (QED) is 0.713. The number of rotatable bonds is 7. The number of aliphatic hydroxyl groups is 1. The minimum absolute atomic E-state index is 0.241. The average molecular weight is 341 g/mol. The first-order chi connectivity index (χ1) is 11.5. The Morgan fingerprint density at radius 2 is 2.17 bits per heavy atom. The van der Waals surface area contributed by atoms with Crippen LogP contribution in [0.4, 0.5) is 19.3 Å². The van der Waals surface area contributed by atoms with Crippen molar-refractivity contribution in [2.24, 2.45) is 5.92 Å². The molecule has 1 fully saturated rings. The highest BCUT2D eigenvalue weighted by molar-refractivity contribution is 5.73. The van der Waals surface area contributed by atoms with Crippen molar-refractivity contribution in [3.05, 3.63) is 29.8 Å². The van der Waals surface area contributed by atoms with Crippen LogP contribution in [0.3, 0.4) is 0 Å². The van der Waals surface area contributed by atoms with Gasteiger partial charge in [-0.15, -0.1) is 0 Å². The van der Waals surface area contributed by atoms with Crippen molar-refractivity contribution in [1.29, 1.82) is 0 Å². The Balaban J connectivity index is 1.72. The van der Waals surface area contributed by atoms with E-state index < -0.39 is 17.7 Å². The maximum absolute atomic E-state index is 13.3. The fourth-order valence-corrected chi connectivity index (χ4v) is 2.86. The average Bonchev–Trinajstić information content (AvgIpc) is 3.03. The zero-order valence-corrected chi connectivity index (χ0v) is 13.9. The second-order valence-corrected chi connectivity index (χ2v) is 6.23. The van der Waals surface area contributed by atoms with E-state index in [-0.39, 0.29) is 18.5 Å². The number of carbonyl (C=O) groups excluding carboxylic acids is 1. The molecule has 1 aliphatic rings. The lowest BCUT2D eigenvalue weighted by Gasteiger charge is -2.19. The topological polar surface area (TPSA) is 64.6 Å². The molecule has 0 saturated carbocycles. The van der Waals surface area contributed by atoms with Gasteiger partial charge in [0.25, 0.3) is 0 Å². The summed E-state index contributed by atoms with van der Waals surface area (Å²) in [6, 6.07) is 3.60. The van der Waals surface area contributed by atoms with Crippen molar-refractivity contribution in [2.45, 2.75) is 32.3 Å². The van der Waals surface area contributed by atoms with Gasteiger partial charge in [-0.05, 0) is 30.9 Å². The van der Waals surface area contributed by atoms with Crippen LogP contribution in [0.2, 0.25) is 0 Å². The summed E-state index contributed by atoms with van der Waals surface area (Å²) in [6.07, 6.45) is 1.88. The summed E-state index contributed by atoms with van der Waals surface area (Å²) in [4.78, 5) is 13.7. The number of hydrogen-bond acceptors (Lipinski definition) is 3. The van der Waals surface area contributed by atoms with Crippen molar-refractivity contribution in [1.82, 2.24) is 10.6 Å². The molecule has 2 unspecified atom stereocenters. The molecule has 0 radical (unpaired) electrons. The van der Waals surface area contributed by atoms with Crippen molar-refractivity contribution in [3.63, 3.8) is 0 Å². The molecule has 134 valence electrons. The van der Waals surface area contributed by atoms with Gasteiger partial charge in [0, 0.05) is 37.9 Å². The molecule has 2 atom stereocenters.